The lowest BCUT2D eigenvalue weighted by Gasteiger charge is -2.34. The van der Waals surface area contributed by atoms with Crippen molar-refractivity contribution >= 4 is 37.1 Å². The summed E-state index contributed by atoms with van der Waals surface area (Å²) >= 11 is 3.96. The first-order valence-corrected chi connectivity index (χ1v) is 18.0. The van der Waals surface area contributed by atoms with Crippen molar-refractivity contribution < 1.29 is 28.6 Å². The summed E-state index contributed by atoms with van der Waals surface area (Å²) in [6.07, 6.45) is 16.9. The number of thioether (sulfide) groups is 2. The van der Waals surface area contributed by atoms with E-state index in [4.69, 9.17) is 9.26 Å². The summed E-state index contributed by atoms with van der Waals surface area (Å²) in [5.74, 6) is 1.07. The van der Waals surface area contributed by atoms with E-state index in [9.17, 15) is 19.4 Å². The Morgan fingerprint density at radius 3 is 2.22 bits per heavy atom. The predicted octanol–water partition coefficient (Wildman–Crippen LogP) is 8.50. The Balaban J connectivity index is 2.60. The lowest BCUT2D eigenvalue weighted by atomic mass is 10.0. The van der Waals surface area contributed by atoms with Crippen LogP contribution in [-0.2, 0) is 18.6 Å². The fraction of sp³-hybridized carbons (Fsp3) is 0.963. The molecule has 0 aliphatic heterocycles. The molecule has 2 N–H and O–H groups in total. The van der Waals surface area contributed by atoms with Gasteiger partial charge in [0.25, 0.3) is 5.34 Å². The molecule has 0 aromatic heterocycles. The van der Waals surface area contributed by atoms with Crippen LogP contribution in [0.3, 0.4) is 0 Å². The number of carbonyl (C=O) groups is 1. The second-order valence-corrected chi connectivity index (χ2v) is 15.2. The number of ether oxygens (including phenoxy) is 1. The van der Waals surface area contributed by atoms with E-state index in [2.05, 4.69) is 18.7 Å². The zero-order valence-electron chi connectivity index (χ0n) is 23.3. The molecule has 0 aromatic rings. The first kappa shape index (κ1) is 34.3. The summed E-state index contributed by atoms with van der Waals surface area (Å²) < 4.78 is 24.2. The van der Waals surface area contributed by atoms with Crippen LogP contribution in [-0.4, -0.2) is 56.0 Å². The monoisotopic (exact) mass is 568 g/mol. The smallest absolute Gasteiger partial charge is 0.371 e. The van der Waals surface area contributed by atoms with Gasteiger partial charge < -0.3 is 19.3 Å². The van der Waals surface area contributed by atoms with Gasteiger partial charge in [0.15, 0.2) is 0 Å². The minimum Gasteiger partial charge on any atom is -0.479 e. The number of rotatable bonds is 22. The lowest BCUT2D eigenvalue weighted by molar-refractivity contribution is -0.155. The SMILES string of the molecule is CCCCCSCCCCCCCC(SC1CCCCC1)C(C)OP(=O)(O)C(C)(OCCC)C(=O)O. The summed E-state index contributed by atoms with van der Waals surface area (Å²) in [4.78, 5) is 22.6. The number of carboxylic acid groups (broad SMARTS) is 1. The summed E-state index contributed by atoms with van der Waals surface area (Å²) in [6, 6.07) is 0. The molecular formula is C27H53O6PS2. The highest BCUT2D eigenvalue weighted by Gasteiger charge is 2.54. The van der Waals surface area contributed by atoms with Crippen molar-refractivity contribution in [2.45, 2.75) is 146 Å². The van der Waals surface area contributed by atoms with E-state index in [1.165, 1.54) is 82.1 Å². The molecule has 0 radical (unpaired) electrons. The van der Waals surface area contributed by atoms with Crippen molar-refractivity contribution in [1.29, 1.82) is 0 Å². The number of unbranched alkanes of at least 4 members (excludes halogenated alkanes) is 6. The molecule has 214 valence electrons. The highest BCUT2D eigenvalue weighted by molar-refractivity contribution is 8.00. The Labute approximate surface area is 229 Å². The zero-order valence-corrected chi connectivity index (χ0v) is 25.8. The Morgan fingerprint density at radius 1 is 1.00 bits per heavy atom. The molecule has 1 saturated carbocycles. The second kappa shape index (κ2) is 19.4. The van der Waals surface area contributed by atoms with E-state index >= 15 is 0 Å². The Bertz CT molecular complexity index is 631. The number of aliphatic carboxylic acids is 1. The van der Waals surface area contributed by atoms with E-state index in [0.717, 1.165) is 26.2 Å². The van der Waals surface area contributed by atoms with E-state index in [0.29, 0.717) is 11.7 Å². The van der Waals surface area contributed by atoms with Crippen molar-refractivity contribution in [1.82, 2.24) is 0 Å². The molecule has 1 aliphatic rings. The molecule has 0 heterocycles. The quantitative estimate of drug-likeness (QED) is 0.0992. The maximum atomic E-state index is 13.2. The van der Waals surface area contributed by atoms with Gasteiger partial charge in [0, 0.05) is 17.1 Å². The number of hydrogen-bond acceptors (Lipinski definition) is 6. The van der Waals surface area contributed by atoms with Gasteiger partial charge in [-0.3, -0.25) is 4.57 Å². The van der Waals surface area contributed by atoms with Crippen molar-refractivity contribution in [2.75, 3.05) is 18.1 Å². The maximum Gasteiger partial charge on any atom is 0.371 e. The topological polar surface area (TPSA) is 93.1 Å². The third-order valence-electron chi connectivity index (χ3n) is 6.94. The lowest BCUT2D eigenvalue weighted by Crippen LogP contribution is -2.40. The van der Waals surface area contributed by atoms with Crippen LogP contribution in [0.25, 0.3) is 0 Å². The van der Waals surface area contributed by atoms with Crippen LogP contribution in [0.4, 0.5) is 0 Å². The van der Waals surface area contributed by atoms with Gasteiger partial charge >= 0.3 is 13.6 Å². The molecular weight excluding hydrogens is 515 g/mol. The van der Waals surface area contributed by atoms with Crippen LogP contribution in [0.5, 0.6) is 0 Å². The fourth-order valence-electron chi connectivity index (χ4n) is 4.46. The Hall–Kier alpha value is 0.280. The first-order chi connectivity index (χ1) is 17.2. The molecule has 36 heavy (non-hydrogen) atoms. The minimum atomic E-state index is -4.57. The van der Waals surface area contributed by atoms with Crippen LogP contribution in [0.15, 0.2) is 0 Å². The van der Waals surface area contributed by atoms with E-state index < -0.39 is 25.0 Å². The zero-order chi connectivity index (χ0) is 26.9. The molecule has 0 bridgehead atoms. The van der Waals surface area contributed by atoms with Gasteiger partial charge in [-0.2, -0.15) is 23.5 Å². The molecule has 4 unspecified atom stereocenters. The summed E-state index contributed by atoms with van der Waals surface area (Å²) in [5.41, 5.74) is 0. The fourth-order valence-corrected chi connectivity index (χ4v) is 8.53. The van der Waals surface area contributed by atoms with Gasteiger partial charge in [0.2, 0.25) is 0 Å². The molecule has 0 amide bonds. The van der Waals surface area contributed by atoms with Gasteiger partial charge in [-0.25, -0.2) is 4.79 Å². The molecule has 0 spiro atoms. The maximum absolute atomic E-state index is 13.2. The average Bonchev–Trinajstić information content (AvgIpc) is 2.85. The van der Waals surface area contributed by atoms with Crippen molar-refractivity contribution in [3.8, 4) is 0 Å². The molecule has 1 fully saturated rings. The van der Waals surface area contributed by atoms with Crippen LogP contribution in [0.2, 0.25) is 0 Å². The minimum absolute atomic E-state index is 0.0620. The average molecular weight is 569 g/mol. The normalized spacial score (nSPS) is 19.9. The molecule has 4 atom stereocenters. The molecule has 0 saturated heterocycles. The highest BCUT2D eigenvalue weighted by atomic mass is 32.2. The third-order valence-corrected chi connectivity index (χ3v) is 11.9. The van der Waals surface area contributed by atoms with Crippen LogP contribution < -0.4 is 0 Å². The van der Waals surface area contributed by atoms with Crippen molar-refractivity contribution in [3.05, 3.63) is 0 Å². The number of hydrogen-bond donors (Lipinski definition) is 2. The Morgan fingerprint density at radius 2 is 1.61 bits per heavy atom. The van der Waals surface area contributed by atoms with Gasteiger partial charge in [-0.15, -0.1) is 0 Å². The van der Waals surface area contributed by atoms with Crippen molar-refractivity contribution in [3.63, 3.8) is 0 Å². The molecule has 1 rings (SSSR count). The van der Waals surface area contributed by atoms with E-state index in [1.807, 2.05) is 25.6 Å². The molecule has 1 aliphatic carbocycles. The molecule has 9 heteroatoms. The number of carboxylic acids is 1. The Kier molecular flexibility index (Phi) is 18.4. The molecule has 6 nitrogen and oxygen atoms in total. The largest absolute Gasteiger partial charge is 0.479 e. The van der Waals surface area contributed by atoms with Crippen LogP contribution in [0, 0.1) is 0 Å². The summed E-state index contributed by atoms with van der Waals surface area (Å²) in [5, 5.41) is 8.02. The second-order valence-electron chi connectivity index (χ2n) is 10.3. The standard InChI is InChI=1S/C27H53O6PS2/c1-5-7-15-21-35-22-16-10-8-9-14-19-25(36-24-17-12-11-13-18-24)23(3)33-34(30,31)27(4,26(28)29)32-20-6-2/h23-25H,5-22H2,1-4H3,(H,28,29)(H,30,31). The first-order valence-electron chi connectivity index (χ1n) is 14.3. The molecule has 0 aromatic carbocycles. The van der Waals surface area contributed by atoms with Gasteiger partial charge in [0.05, 0.1) is 6.10 Å². The van der Waals surface area contributed by atoms with Gasteiger partial charge in [-0.1, -0.05) is 71.6 Å². The van der Waals surface area contributed by atoms with Crippen molar-refractivity contribution in [2.24, 2.45) is 0 Å². The highest BCUT2D eigenvalue weighted by Crippen LogP contribution is 2.58. The van der Waals surface area contributed by atoms with Gasteiger partial charge in [-0.05, 0) is 63.9 Å². The predicted molar refractivity (Wildman–Crippen MR) is 155 cm³/mol. The summed E-state index contributed by atoms with van der Waals surface area (Å²) in [6.45, 7) is 7.14. The van der Waals surface area contributed by atoms with Gasteiger partial charge in [0.1, 0.15) is 0 Å². The van der Waals surface area contributed by atoms with Crippen LogP contribution in [0.1, 0.15) is 124 Å². The third kappa shape index (κ3) is 12.9. The summed E-state index contributed by atoms with van der Waals surface area (Å²) in [7, 11) is -4.57. The van der Waals surface area contributed by atoms with E-state index in [-0.39, 0.29) is 11.9 Å². The van der Waals surface area contributed by atoms with E-state index in [1.54, 1.807) is 0 Å². The van der Waals surface area contributed by atoms with Crippen LogP contribution >= 0.6 is 31.1 Å².